The number of amides is 2. The van der Waals surface area contributed by atoms with Gasteiger partial charge in [-0.25, -0.2) is 0 Å². The minimum absolute atomic E-state index is 0.435. The normalized spacial score (nSPS) is 18.3. The summed E-state index contributed by atoms with van der Waals surface area (Å²) in [5, 5.41) is 15.3. The van der Waals surface area contributed by atoms with Gasteiger partial charge < -0.3 is 15.4 Å². The van der Waals surface area contributed by atoms with Crippen molar-refractivity contribution in [3.05, 3.63) is 39.8 Å². The van der Waals surface area contributed by atoms with E-state index in [0.717, 1.165) is 16.0 Å². The first-order valence-corrected chi connectivity index (χ1v) is 9.06. The molecule has 1 aromatic heterocycles. The summed E-state index contributed by atoms with van der Waals surface area (Å²) < 4.78 is 5.76. The van der Waals surface area contributed by atoms with E-state index in [2.05, 4.69) is 16.7 Å². The van der Waals surface area contributed by atoms with Gasteiger partial charge in [0.05, 0.1) is 11.3 Å². The van der Waals surface area contributed by atoms with E-state index >= 15 is 0 Å². The number of fused-ring (bicyclic) bond motifs is 1. The van der Waals surface area contributed by atoms with Crippen LogP contribution in [0.5, 0.6) is 5.75 Å². The summed E-state index contributed by atoms with van der Waals surface area (Å²) in [5.74, 6) is -0.720. The highest BCUT2D eigenvalue weighted by Crippen LogP contribution is 2.37. The summed E-state index contributed by atoms with van der Waals surface area (Å²) in [4.78, 5) is 26.4. The van der Waals surface area contributed by atoms with Crippen LogP contribution < -0.4 is 15.4 Å². The summed E-state index contributed by atoms with van der Waals surface area (Å²) >= 11 is 1.33. The van der Waals surface area contributed by atoms with Crippen LogP contribution in [0.15, 0.2) is 18.2 Å². The fourth-order valence-electron chi connectivity index (χ4n) is 2.92. The van der Waals surface area contributed by atoms with Crippen molar-refractivity contribution in [1.29, 1.82) is 5.26 Å². The molecule has 0 fully saturated rings. The van der Waals surface area contributed by atoms with Gasteiger partial charge >= 0.3 is 0 Å². The fourth-order valence-corrected chi connectivity index (χ4v) is 4.01. The number of nitriles is 1. The predicted octanol–water partition coefficient (Wildman–Crippen LogP) is 3.53. The largest absolute Gasteiger partial charge is 0.466 e. The average Bonchev–Trinajstić information content (AvgIpc) is 2.90. The molecule has 1 aromatic carbocycles. The minimum atomic E-state index is -1.72. The number of hydrogen-bond donors (Lipinski definition) is 2. The molecule has 0 aliphatic carbocycles. The number of ether oxygens (including phenoxy) is 1. The van der Waals surface area contributed by atoms with Crippen LogP contribution in [-0.2, 0) is 16.0 Å². The SMILES string of the molecule is CCc1c(C)sc(NC(=O)C2(C)Oc3ccc(C)cc3NC2=O)c1C#N. The highest BCUT2D eigenvalue weighted by atomic mass is 32.1. The van der Waals surface area contributed by atoms with Crippen molar-refractivity contribution >= 4 is 33.8 Å². The molecule has 1 atom stereocenters. The summed E-state index contributed by atoms with van der Waals surface area (Å²) in [5.41, 5.74) is 1.14. The number of aryl methyl sites for hydroxylation is 2. The number of carbonyl (C=O) groups excluding carboxylic acids is 2. The lowest BCUT2D eigenvalue weighted by molar-refractivity contribution is -0.143. The molecular weight excluding hydrogens is 350 g/mol. The second-order valence-electron chi connectivity index (χ2n) is 6.35. The molecule has 2 N–H and O–H groups in total. The average molecular weight is 369 g/mol. The molecule has 0 spiro atoms. The summed E-state index contributed by atoms with van der Waals surface area (Å²) in [6.45, 7) is 7.19. The maximum Gasteiger partial charge on any atom is 0.278 e. The summed E-state index contributed by atoms with van der Waals surface area (Å²) in [7, 11) is 0. The minimum Gasteiger partial charge on any atom is -0.466 e. The zero-order valence-corrected chi connectivity index (χ0v) is 15.8. The standard InChI is InChI=1S/C19H19N3O3S/c1-5-12-11(3)26-16(13(12)9-20)22-18(24)19(4)17(23)21-14-8-10(2)6-7-15(14)25-19/h6-8H,5H2,1-4H3,(H,21,23)(H,22,24). The monoisotopic (exact) mass is 369 g/mol. The number of benzene rings is 1. The van der Waals surface area contributed by atoms with Gasteiger partial charge in [-0.2, -0.15) is 5.26 Å². The molecule has 7 heteroatoms. The Morgan fingerprint density at radius 1 is 1.42 bits per heavy atom. The first kappa shape index (κ1) is 18.0. The zero-order chi connectivity index (χ0) is 19.1. The molecule has 26 heavy (non-hydrogen) atoms. The molecule has 0 bridgehead atoms. The van der Waals surface area contributed by atoms with Gasteiger partial charge in [0.15, 0.2) is 0 Å². The second kappa shape index (κ2) is 6.46. The predicted molar refractivity (Wildman–Crippen MR) is 101 cm³/mol. The Kier molecular flexibility index (Phi) is 4.46. The van der Waals surface area contributed by atoms with Crippen LogP contribution in [0.2, 0.25) is 0 Å². The maximum atomic E-state index is 12.9. The molecule has 1 unspecified atom stereocenters. The van der Waals surface area contributed by atoms with Gasteiger partial charge in [0.2, 0.25) is 0 Å². The Hall–Kier alpha value is -2.85. The molecule has 0 saturated carbocycles. The van der Waals surface area contributed by atoms with Gasteiger partial charge in [0.25, 0.3) is 17.4 Å². The molecule has 2 aromatic rings. The van der Waals surface area contributed by atoms with Crippen LogP contribution in [0.4, 0.5) is 10.7 Å². The van der Waals surface area contributed by atoms with Crippen molar-refractivity contribution in [2.24, 2.45) is 0 Å². The second-order valence-corrected chi connectivity index (χ2v) is 7.57. The van der Waals surface area contributed by atoms with Crippen LogP contribution in [0.1, 0.15) is 35.4 Å². The molecule has 2 amide bonds. The molecule has 134 valence electrons. The van der Waals surface area contributed by atoms with Crippen LogP contribution >= 0.6 is 11.3 Å². The fraction of sp³-hybridized carbons (Fsp3) is 0.316. The van der Waals surface area contributed by atoms with Gasteiger partial charge in [-0.15, -0.1) is 11.3 Å². The molecule has 1 aliphatic rings. The zero-order valence-electron chi connectivity index (χ0n) is 15.0. The van der Waals surface area contributed by atoms with Crippen LogP contribution in [0.25, 0.3) is 0 Å². The molecule has 1 aliphatic heterocycles. The third-order valence-electron chi connectivity index (χ3n) is 4.47. The lowest BCUT2D eigenvalue weighted by Crippen LogP contribution is -2.56. The van der Waals surface area contributed by atoms with E-state index in [0.29, 0.717) is 28.4 Å². The lowest BCUT2D eigenvalue weighted by atomic mass is 10.0. The van der Waals surface area contributed by atoms with Gasteiger partial charge in [0.1, 0.15) is 16.8 Å². The number of thiophene rings is 1. The van der Waals surface area contributed by atoms with Crippen LogP contribution in [-0.4, -0.2) is 17.4 Å². The van der Waals surface area contributed by atoms with Crippen molar-refractivity contribution in [2.45, 2.75) is 39.7 Å². The molecule has 6 nitrogen and oxygen atoms in total. The Balaban J connectivity index is 1.92. The topological polar surface area (TPSA) is 91.2 Å². The van der Waals surface area contributed by atoms with Gasteiger partial charge in [-0.1, -0.05) is 13.0 Å². The molecule has 2 heterocycles. The van der Waals surface area contributed by atoms with E-state index in [4.69, 9.17) is 4.74 Å². The Labute approximate surface area is 155 Å². The summed E-state index contributed by atoms with van der Waals surface area (Å²) in [6.07, 6.45) is 0.697. The van der Waals surface area contributed by atoms with E-state index in [1.165, 1.54) is 18.3 Å². The van der Waals surface area contributed by atoms with E-state index in [-0.39, 0.29) is 0 Å². The van der Waals surface area contributed by atoms with E-state index in [9.17, 15) is 14.9 Å². The number of rotatable bonds is 3. The first-order chi connectivity index (χ1) is 12.3. The van der Waals surface area contributed by atoms with Crippen LogP contribution in [0, 0.1) is 25.2 Å². The third-order valence-corrected chi connectivity index (χ3v) is 5.53. The van der Waals surface area contributed by atoms with Crippen LogP contribution in [0.3, 0.4) is 0 Å². The Bertz CT molecular complexity index is 958. The number of nitrogens with one attached hydrogen (secondary N) is 2. The Morgan fingerprint density at radius 2 is 2.15 bits per heavy atom. The van der Waals surface area contributed by atoms with E-state index in [1.807, 2.05) is 26.8 Å². The number of carbonyl (C=O) groups is 2. The maximum absolute atomic E-state index is 12.9. The first-order valence-electron chi connectivity index (χ1n) is 8.25. The van der Waals surface area contributed by atoms with E-state index in [1.54, 1.807) is 12.1 Å². The quantitative estimate of drug-likeness (QED) is 0.810. The van der Waals surface area contributed by atoms with E-state index < -0.39 is 17.4 Å². The highest BCUT2D eigenvalue weighted by Gasteiger charge is 2.47. The number of nitrogens with zero attached hydrogens (tertiary/aromatic N) is 1. The van der Waals surface area contributed by atoms with Crippen molar-refractivity contribution in [1.82, 2.24) is 0 Å². The molecular formula is C19H19N3O3S. The highest BCUT2D eigenvalue weighted by molar-refractivity contribution is 7.16. The summed E-state index contributed by atoms with van der Waals surface area (Å²) in [6, 6.07) is 7.50. The number of hydrogen-bond acceptors (Lipinski definition) is 5. The van der Waals surface area contributed by atoms with Gasteiger partial charge in [0, 0.05) is 4.88 Å². The Morgan fingerprint density at radius 3 is 2.81 bits per heavy atom. The molecule has 0 saturated heterocycles. The number of anilines is 2. The van der Waals surface area contributed by atoms with Crippen molar-refractivity contribution < 1.29 is 14.3 Å². The van der Waals surface area contributed by atoms with Crippen molar-refractivity contribution in [2.75, 3.05) is 10.6 Å². The lowest BCUT2D eigenvalue weighted by Gasteiger charge is -2.33. The molecule has 0 radical (unpaired) electrons. The third kappa shape index (κ3) is 2.82. The molecule has 3 rings (SSSR count). The smallest absolute Gasteiger partial charge is 0.278 e. The van der Waals surface area contributed by atoms with Gasteiger partial charge in [-0.3, -0.25) is 9.59 Å². The van der Waals surface area contributed by atoms with Gasteiger partial charge in [-0.05, 0) is 50.5 Å². The van der Waals surface area contributed by atoms with Crippen molar-refractivity contribution in [3.8, 4) is 11.8 Å². The van der Waals surface area contributed by atoms with Crippen molar-refractivity contribution in [3.63, 3.8) is 0 Å².